The topological polar surface area (TPSA) is 77.3 Å². The van der Waals surface area contributed by atoms with Crippen molar-refractivity contribution in [3.05, 3.63) is 25.3 Å². The molecule has 1 unspecified atom stereocenters. The van der Waals surface area contributed by atoms with Crippen molar-refractivity contribution in [3.63, 3.8) is 0 Å². The quantitative estimate of drug-likeness (QED) is 0.213. The van der Waals surface area contributed by atoms with Gasteiger partial charge < -0.3 is 9.47 Å². The van der Waals surface area contributed by atoms with Crippen molar-refractivity contribution in [2.24, 2.45) is 9.98 Å². The van der Waals surface area contributed by atoms with Crippen LogP contribution in [0.25, 0.3) is 0 Å². The van der Waals surface area contributed by atoms with E-state index in [1.54, 1.807) is 0 Å². The number of cyclic esters (lactones) is 2. The number of carbonyl (C=O) groups is 2. The van der Waals surface area contributed by atoms with E-state index in [4.69, 9.17) is 9.47 Å². The molecule has 190 valence electrons. The lowest BCUT2D eigenvalue weighted by atomic mass is 9.83. The summed E-state index contributed by atoms with van der Waals surface area (Å²) in [6.07, 6.45) is 21.8. The Hall–Kier alpha value is -2.24. The van der Waals surface area contributed by atoms with Crippen LogP contribution in [0.1, 0.15) is 117 Å². The van der Waals surface area contributed by atoms with Crippen molar-refractivity contribution < 1.29 is 19.1 Å². The Morgan fingerprint density at radius 2 is 1.26 bits per heavy atom. The molecule has 3 rings (SSSR count). The second-order valence-electron chi connectivity index (χ2n) is 9.89. The third kappa shape index (κ3) is 8.21. The predicted molar refractivity (Wildman–Crippen MR) is 138 cm³/mol. The van der Waals surface area contributed by atoms with Crippen LogP contribution in [0.5, 0.6) is 0 Å². The summed E-state index contributed by atoms with van der Waals surface area (Å²) >= 11 is 0. The van der Waals surface area contributed by atoms with E-state index in [-0.39, 0.29) is 11.9 Å². The summed E-state index contributed by atoms with van der Waals surface area (Å²) in [6.45, 7) is 11.3. The molecule has 0 aromatic carbocycles. The van der Waals surface area contributed by atoms with Crippen LogP contribution in [-0.2, 0) is 19.1 Å². The second-order valence-corrected chi connectivity index (χ2v) is 9.89. The van der Waals surface area contributed by atoms with E-state index in [9.17, 15) is 9.59 Å². The summed E-state index contributed by atoms with van der Waals surface area (Å²) in [5.74, 6) is 0.358. The summed E-state index contributed by atoms with van der Waals surface area (Å²) in [5, 5.41) is 0. The molecule has 3 aliphatic rings. The van der Waals surface area contributed by atoms with Gasteiger partial charge in [0.05, 0.1) is 0 Å². The zero-order valence-electron chi connectivity index (χ0n) is 21.4. The average molecular weight is 473 g/mol. The minimum absolute atomic E-state index is 0.179. The van der Waals surface area contributed by atoms with Crippen molar-refractivity contribution in [2.75, 3.05) is 0 Å². The lowest BCUT2D eigenvalue weighted by Crippen LogP contribution is -2.35. The molecule has 0 aromatic rings. The summed E-state index contributed by atoms with van der Waals surface area (Å²) in [7, 11) is 0. The third-order valence-corrected chi connectivity index (χ3v) is 6.94. The molecule has 6 heteroatoms. The average Bonchev–Trinajstić information content (AvgIpc) is 3.31. The van der Waals surface area contributed by atoms with E-state index >= 15 is 0 Å². The van der Waals surface area contributed by atoms with Crippen LogP contribution in [0.3, 0.4) is 0 Å². The highest BCUT2D eigenvalue weighted by atomic mass is 16.6. The molecule has 2 heterocycles. The normalized spacial score (nSPS) is 22.9. The monoisotopic (exact) mass is 472 g/mol. The molecule has 34 heavy (non-hydrogen) atoms. The Kier molecular flexibility index (Phi) is 11.7. The predicted octanol–water partition coefficient (Wildman–Crippen LogP) is 7.03. The SMILES string of the molecule is C=CC1=NC(C)(CCCCCCCCCCCC)C(=O)O1.C=CC1=NC2(CCCCC2)C(=O)O1. The fourth-order valence-corrected chi connectivity index (χ4v) is 4.73. The van der Waals surface area contributed by atoms with E-state index in [1.165, 1.54) is 76.4 Å². The zero-order chi connectivity index (χ0) is 24.9. The van der Waals surface area contributed by atoms with E-state index in [0.29, 0.717) is 11.8 Å². The van der Waals surface area contributed by atoms with Gasteiger partial charge >= 0.3 is 11.9 Å². The summed E-state index contributed by atoms with van der Waals surface area (Å²) < 4.78 is 10.1. The zero-order valence-corrected chi connectivity index (χ0v) is 21.4. The Bertz CT molecular complexity index is 764. The number of carbonyl (C=O) groups excluding carboxylic acids is 2. The van der Waals surface area contributed by atoms with E-state index < -0.39 is 11.1 Å². The number of ether oxygens (including phenoxy) is 2. The summed E-state index contributed by atoms with van der Waals surface area (Å²) in [4.78, 5) is 31.9. The van der Waals surface area contributed by atoms with Gasteiger partial charge in [-0.2, -0.15) is 0 Å². The Labute approximate surface area is 206 Å². The van der Waals surface area contributed by atoms with Gasteiger partial charge in [0.25, 0.3) is 0 Å². The van der Waals surface area contributed by atoms with Gasteiger partial charge in [-0.15, -0.1) is 0 Å². The number of hydrogen-bond donors (Lipinski definition) is 0. The van der Waals surface area contributed by atoms with Gasteiger partial charge in [-0.05, 0) is 38.3 Å². The maximum atomic E-state index is 11.8. The molecule has 6 nitrogen and oxygen atoms in total. The van der Waals surface area contributed by atoms with Crippen LogP contribution in [0, 0.1) is 0 Å². The maximum Gasteiger partial charge on any atom is 0.340 e. The Morgan fingerprint density at radius 3 is 1.76 bits per heavy atom. The van der Waals surface area contributed by atoms with Crippen LogP contribution >= 0.6 is 0 Å². The van der Waals surface area contributed by atoms with Gasteiger partial charge in [-0.1, -0.05) is 104 Å². The number of hydrogen-bond acceptors (Lipinski definition) is 6. The highest BCUT2D eigenvalue weighted by Crippen LogP contribution is 2.36. The van der Waals surface area contributed by atoms with Crippen LogP contribution in [0.2, 0.25) is 0 Å². The van der Waals surface area contributed by atoms with Crippen molar-refractivity contribution in [1.29, 1.82) is 0 Å². The Morgan fingerprint density at radius 1 is 0.765 bits per heavy atom. The molecule has 1 atom stereocenters. The largest absolute Gasteiger partial charge is 0.406 e. The first-order chi connectivity index (χ1) is 16.4. The maximum absolute atomic E-state index is 11.8. The first-order valence-electron chi connectivity index (χ1n) is 13.3. The molecular formula is C28H44N2O4. The van der Waals surface area contributed by atoms with E-state index in [1.807, 2.05) is 6.92 Å². The van der Waals surface area contributed by atoms with Crippen LogP contribution in [0.4, 0.5) is 0 Å². The van der Waals surface area contributed by atoms with Crippen molar-refractivity contribution in [2.45, 2.75) is 128 Å². The van der Waals surface area contributed by atoms with Gasteiger partial charge in [0.1, 0.15) is 0 Å². The molecule has 1 saturated carbocycles. The fourth-order valence-electron chi connectivity index (χ4n) is 4.73. The number of nitrogens with zero attached hydrogens (tertiary/aromatic N) is 2. The molecule has 1 fully saturated rings. The smallest absolute Gasteiger partial charge is 0.340 e. The van der Waals surface area contributed by atoms with Crippen molar-refractivity contribution in [3.8, 4) is 0 Å². The van der Waals surface area contributed by atoms with E-state index in [2.05, 4.69) is 30.1 Å². The minimum Gasteiger partial charge on any atom is -0.406 e. The highest BCUT2D eigenvalue weighted by molar-refractivity contribution is 6.05. The summed E-state index contributed by atoms with van der Waals surface area (Å²) in [6, 6.07) is 0. The number of aliphatic imine (C=N–C) groups is 2. The molecular weight excluding hydrogens is 428 g/mol. The minimum atomic E-state index is -0.677. The number of esters is 2. The Balaban J connectivity index is 0.000000266. The molecule has 1 aliphatic carbocycles. The molecule has 0 N–H and O–H groups in total. The standard InChI is InChI=1S/C18H31NO2.C10H13NO2/c1-4-6-7-8-9-10-11-12-13-14-15-18(3)17(20)21-16(5-2)19-18;1-2-8-11-10(9(12)13-8)6-4-3-5-7-10/h5H,2,4,6-15H2,1,3H3;2H,1,3-7H2. The highest BCUT2D eigenvalue weighted by Gasteiger charge is 2.45. The molecule has 0 bridgehead atoms. The van der Waals surface area contributed by atoms with Crippen LogP contribution in [0.15, 0.2) is 35.3 Å². The summed E-state index contributed by atoms with van der Waals surface area (Å²) in [5.41, 5.74) is -1.22. The first kappa shape index (κ1) is 28.0. The number of rotatable bonds is 13. The van der Waals surface area contributed by atoms with Crippen LogP contribution in [-0.4, -0.2) is 34.8 Å². The molecule has 1 spiro atoms. The first-order valence-corrected chi connectivity index (χ1v) is 13.3. The second kappa shape index (κ2) is 14.2. The molecule has 0 amide bonds. The molecule has 0 radical (unpaired) electrons. The lowest BCUT2D eigenvalue weighted by Gasteiger charge is -2.25. The van der Waals surface area contributed by atoms with Crippen molar-refractivity contribution >= 4 is 23.7 Å². The van der Waals surface area contributed by atoms with Gasteiger partial charge in [-0.3, -0.25) is 0 Å². The third-order valence-electron chi connectivity index (χ3n) is 6.94. The van der Waals surface area contributed by atoms with Gasteiger partial charge in [0.2, 0.25) is 11.8 Å². The van der Waals surface area contributed by atoms with Crippen molar-refractivity contribution in [1.82, 2.24) is 0 Å². The van der Waals surface area contributed by atoms with E-state index in [0.717, 1.165) is 38.5 Å². The lowest BCUT2D eigenvalue weighted by molar-refractivity contribution is -0.140. The van der Waals surface area contributed by atoms with Gasteiger partial charge in [0, 0.05) is 0 Å². The molecule has 2 aliphatic heterocycles. The fraction of sp³-hybridized carbons (Fsp3) is 0.714. The molecule has 0 aromatic heterocycles. The number of unbranched alkanes of at least 4 members (excludes halogenated alkanes) is 9. The molecule has 0 saturated heterocycles. The van der Waals surface area contributed by atoms with Gasteiger partial charge in [-0.25, -0.2) is 19.6 Å². The van der Waals surface area contributed by atoms with Crippen LogP contribution < -0.4 is 0 Å². The van der Waals surface area contributed by atoms with Gasteiger partial charge in [0.15, 0.2) is 11.1 Å².